The summed E-state index contributed by atoms with van der Waals surface area (Å²) < 4.78 is 18.7. The van der Waals surface area contributed by atoms with Crippen molar-refractivity contribution in [2.75, 3.05) is 6.61 Å². The van der Waals surface area contributed by atoms with E-state index in [-0.39, 0.29) is 11.5 Å². The average molecular weight is 247 g/mol. The van der Waals surface area contributed by atoms with Crippen LogP contribution in [0, 0.1) is 17.1 Å². The molecule has 1 aliphatic carbocycles. The van der Waals surface area contributed by atoms with Crippen LogP contribution in [0.5, 0.6) is 0 Å². The molecular weight excluding hydrogens is 233 g/mol. The molecule has 1 fully saturated rings. The maximum absolute atomic E-state index is 13.6. The van der Waals surface area contributed by atoms with Gasteiger partial charge >= 0.3 is 5.97 Å². The molecule has 0 aliphatic heterocycles. The minimum absolute atomic E-state index is 0.00270. The molecule has 3 nitrogen and oxygen atoms in total. The number of esters is 1. The molecule has 0 radical (unpaired) electrons. The van der Waals surface area contributed by atoms with E-state index in [0.29, 0.717) is 25.0 Å². The van der Waals surface area contributed by atoms with Crippen LogP contribution in [0.4, 0.5) is 4.39 Å². The van der Waals surface area contributed by atoms with Crippen LogP contribution in [0.3, 0.4) is 0 Å². The number of rotatable bonds is 3. The molecule has 0 aromatic heterocycles. The highest BCUT2D eigenvalue weighted by atomic mass is 19.1. The molecule has 0 atom stereocenters. The van der Waals surface area contributed by atoms with Gasteiger partial charge < -0.3 is 4.74 Å². The minimum Gasteiger partial charge on any atom is -0.465 e. The van der Waals surface area contributed by atoms with Crippen molar-refractivity contribution in [2.24, 2.45) is 0 Å². The molecule has 0 N–H and O–H groups in total. The maximum atomic E-state index is 13.6. The third-order valence-electron chi connectivity index (χ3n) is 3.52. The number of ether oxygens (including phenoxy) is 1. The van der Waals surface area contributed by atoms with Crippen LogP contribution in [0.25, 0.3) is 0 Å². The minimum atomic E-state index is -0.704. The van der Waals surface area contributed by atoms with Crippen molar-refractivity contribution in [3.63, 3.8) is 0 Å². The van der Waals surface area contributed by atoms with Crippen LogP contribution in [0.2, 0.25) is 0 Å². The molecule has 0 spiro atoms. The Labute approximate surface area is 105 Å². The number of carbonyl (C=O) groups excluding carboxylic acids is 1. The fourth-order valence-electron chi connectivity index (χ4n) is 2.31. The first-order valence-corrected chi connectivity index (χ1v) is 6.01. The summed E-state index contributed by atoms with van der Waals surface area (Å²) in [5, 5.41) is 8.70. The van der Waals surface area contributed by atoms with Gasteiger partial charge in [-0.15, -0.1) is 0 Å². The van der Waals surface area contributed by atoms with Crippen molar-refractivity contribution in [1.82, 2.24) is 0 Å². The lowest BCUT2D eigenvalue weighted by atomic mass is 9.64. The topological polar surface area (TPSA) is 50.1 Å². The maximum Gasteiger partial charge on any atom is 0.316 e. The van der Waals surface area contributed by atoms with Gasteiger partial charge in [-0.05, 0) is 37.5 Å². The quantitative estimate of drug-likeness (QED) is 0.771. The highest BCUT2D eigenvalue weighted by molar-refractivity contribution is 5.84. The summed E-state index contributed by atoms with van der Waals surface area (Å²) in [7, 11) is 0. The SMILES string of the molecule is CCOC(=O)C1(c2ccc(C#N)c(F)c2)CCC1. The van der Waals surface area contributed by atoms with E-state index < -0.39 is 11.2 Å². The van der Waals surface area contributed by atoms with Gasteiger partial charge in [0.15, 0.2) is 0 Å². The largest absolute Gasteiger partial charge is 0.465 e. The predicted molar refractivity (Wildman–Crippen MR) is 63.3 cm³/mol. The normalized spacial score (nSPS) is 16.5. The molecule has 1 saturated carbocycles. The van der Waals surface area contributed by atoms with E-state index in [1.54, 1.807) is 19.1 Å². The second-order valence-electron chi connectivity index (χ2n) is 4.46. The van der Waals surface area contributed by atoms with Gasteiger partial charge in [0.05, 0.1) is 17.6 Å². The lowest BCUT2D eigenvalue weighted by molar-refractivity contribution is -0.153. The Kier molecular flexibility index (Phi) is 3.33. The molecule has 1 aliphatic rings. The van der Waals surface area contributed by atoms with Gasteiger partial charge in [-0.1, -0.05) is 12.5 Å². The smallest absolute Gasteiger partial charge is 0.316 e. The van der Waals surface area contributed by atoms with Crippen molar-refractivity contribution < 1.29 is 13.9 Å². The first-order valence-electron chi connectivity index (χ1n) is 6.01. The molecule has 2 rings (SSSR count). The second kappa shape index (κ2) is 4.77. The molecule has 1 aromatic rings. The first-order chi connectivity index (χ1) is 8.64. The molecular formula is C14H14FNO2. The van der Waals surface area contributed by atoms with E-state index in [2.05, 4.69) is 0 Å². The molecule has 0 bridgehead atoms. The number of hydrogen-bond donors (Lipinski definition) is 0. The fourth-order valence-corrected chi connectivity index (χ4v) is 2.31. The Bertz CT molecular complexity index is 515. The average Bonchev–Trinajstić information content (AvgIpc) is 2.28. The lowest BCUT2D eigenvalue weighted by Gasteiger charge is -2.39. The lowest BCUT2D eigenvalue weighted by Crippen LogP contribution is -2.43. The summed E-state index contributed by atoms with van der Waals surface area (Å²) in [4.78, 5) is 12.0. The van der Waals surface area contributed by atoms with Crippen molar-refractivity contribution in [1.29, 1.82) is 5.26 Å². The zero-order chi connectivity index (χ0) is 13.2. The number of nitriles is 1. The van der Waals surface area contributed by atoms with Crippen LogP contribution < -0.4 is 0 Å². The van der Waals surface area contributed by atoms with Crippen LogP contribution in [-0.4, -0.2) is 12.6 Å². The van der Waals surface area contributed by atoms with Gasteiger partial charge in [0, 0.05) is 0 Å². The first kappa shape index (κ1) is 12.6. The van der Waals surface area contributed by atoms with Crippen molar-refractivity contribution >= 4 is 5.97 Å². The zero-order valence-electron chi connectivity index (χ0n) is 10.2. The zero-order valence-corrected chi connectivity index (χ0v) is 10.2. The fraction of sp³-hybridized carbons (Fsp3) is 0.429. The Morgan fingerprint density at radius 2 is 2.28 bits per heavy atom. The number of carbonyl (C=O) groups is 1. The number of benzene rings is 1. The molecule has 0 amide bonds. The van der Waals surface area contributed by atoms with Crippen LogP contribution in [0.1, 0.15) is 37.3 Å². The monoisotopic (exact) mass is 247 g/mol. The summed E-state index contributed by atoms with van der Waals surface area (Å²) in [6.45, 7) is 2.07. The Hall–Kier alpha value is -1.89. The predicted octanol–water partition coefficient (Wildman–Crippen LogP) is 2.68. The molecule has 1 aromatic carbocycles. The standard InChI is InChI=1S/C14H14FNO2/c1-2-18-13(17)14(6-3-7-14)11-5-4-10(9-16)12(15)8-11/h4-5,8H,2-3,6-7H2,1H3. The summed E-state index contributed by atoms with van der Waals surface area (Å²) in [6, 6.07) is 6.13. The van der Waals surface area contributed by atoms with Crippen LogP contribution in [-0.2, 0) is 14.9 Å². The summed E-state index contributed by atoms with van der Waals surface area (Å²) in [5.41, 5.74) is -0.0917. The van der Waals surface area contributed by atoms with Gasteiger partial charge in [-0.2, -0.15) is 5.26 Å². The van der Waals surface area contributed by atoms with E-state index in [0.717, 1.165) is 6.42 Å². The number of halogens is 1. The van der Waals surface area contributed by atoms with Crippen molar-refractivity contribution in [3.05, 3.63) is 35.1 Å². The molecule has 0 heterocycles. The van der Waals surface area contributed by atoms with E-state index in [9.17, 15) is 9.18 Å². The summed E-state index contributed by atoms with van der Waals surface area (Å²) in [6.07, 6.45) is 2.29. The second-order valence-corrected chi connectivity index (χ2v) is 4.46. The molecule has 18 heavy (non-hydrogen) atoms. The van der Waals surface area contributed by atoms with Crippen molar-refractivity contribution in [2.45, 2.75) is 31.6 Å². The van der Waals surface area contributed by atoms with Gasteiger partial charge in [-0.25, -0.2) is 4.39 Å². The van der Waals surface area contributed by atoms with Gasteiger partial charge in [0.1, 0.15) is 11.9 Å². The van der Waals surface area contributed by atoms with E-state index >= 15 is 0 Å². The summed E-state index contributed by atoms with van der Waals surface area (Å²) >= 11 is 0. The van der Waals surface area contributed by atoms with E-state index in [4.69, 9.17) is 10.00 Å². The molecule has 0 unspecified atom stereocenters. The van der Waals surface area contributed by atoms with Gasteiger partial charge in [0.2, 0.25) is 0 Å². The Morgan fingerprint density at radius 3 is 2.72 bits per heavy atom. The summed E-state index contributed by atoms with van der Waals surface area (Å²) in [5.74, 6) is -0.870. The molecule has 94 valence electrons. The van der Waals surface area contributed by atoms with E-state index in [1.165, 1.54) is 12.1 Å². The van der Waals surface area contributed by atoms with Gasteiger partial charge in [0.25, 0.3) is 0 Å². The van der Waals surface area contributed by atoms with Gasteiger partial charge in [-0.3, -0.25) is 4.79 Å². The molecule has 4 heteroatoms. The van der Waals surface area contributed by atoms with Crippen LogP contribution >= 0.6 is 0 Å². The highest BCUT2D eigenvalue weighted by Crippen LogP contribution is 2.45. The van der Waals surface area contributed by atoms with E-state index in [1.807, 2.05) is 0 Å². The Balaban J connectivity index is 2.37. The highest BCUT2D eigenvalue weighted by Gasteiger charge is 2.47. The van der Waals surface area contributed by atoms with Crippen molar-refractivity contribution in [3.8, 4) is 6.07 Å². The number of nitrogens with zero attached hydrogens (tertiary/aromatic N) is 1. The molecule has 0 saturated heterocycles. The Morgan fingerprint density at radius 1 is 1.56 bits per heavy atom. The third kappa shape index (κ3) is 1.86. The van der Waals surface area contributed by atoms with Crippen LogP contribution in [0.15, 0.2) is 18.2 Å². The number of hydrogen-bond acceptors (Lipinski definition) is 3. The third-order valence-corrected chi connectivity index (χ3v) is 3.52.